The van der Waals surface area contributed by atoms with E-state index >= 15 is 0 Å². The van der Waals surface area contributed by atoms with Crippen molar-refractivity contribution in [1.29, 1.82) is 0 Å². The topological polar surface area (TPSA) is 57.3 Å². The minimum absolute atomic E-state index is 0. The highest BCUT2D eigenvalue weighted by Crippen LogP contribution is 2.24. The molecule has 1 aromatic heterocycles. The molecule has 1 aliphatic rings. The molecule has 1 amide bonds. The van der Waals surface area contributed by atoms with E-state index in [0.717, 1.165) is 39.0 Å². The number of halogens is 3. The van der Waals surface area contributed by atoms with Crippen molar-refractivity contribution in [3.05, 3.63) is 54.0 Å². The molecule has 0 saturated carbocycles. The van der Waals surface area contributed by atoms with Gasteiger partial charge in [-0.25, -0.2) is 9.37 Å². The lowest BCUT2D eigenvalue weighted by atomic mass is 9.96. The number of benzene rings is 1. The first-order chi connectivity index (χ1) is 12.7. The van der Waals surface area contributed by atoms with Gasteiger partial charge in [0.05, 0.1) is 11.3 Å². The van der Waals surface area contributed by atoms with E-state index in [9.17, 15) is 9.18 Å². The molecule has 1 saturated heterocycles. The van der Waals surface area contributed by atoms with Crippen LogP contribution in [0.2, 0.25) is 0 Å². The minimum Gasteiger partial charge on any atom is -0.339 e. The fraction of sp³-hybridized carbons (Fsp3) is 0.400. The van der Waals surface area contributed by atoms with Crippen molar-refractivity contribution < 1.29 is 9.18 Å². The van der Waals surface area contributed by atoms with Gasteiger partial charge in [0.2, 0.25) is 0 Å². The molecule has 0 unspecified atom stereocenters. The quantitative estimate of drug-likeness (QED) is 0.720. The summed E-state index contributed by atoms with van der Waals surface area (Å²) in [6.07, 6.45) is 3.59. The van der Waals surface area contributed by atoms with Crippen LogP contribution in [0.15, 0.2) is 42.6 Å². The third kappa shape index (κ3) is 6.06. The summed E-state index contributed by atoms with van der Waals surface area (Å²) in [5.74, 6) is 0.570. The van der Waals surface area contributed by atoms with Gasteiger partial charge in [-0.2, -0.15) is 0 Å². The number of nitrogens with zero attached hydrogens (tertiary/aromatic N) is 2. The molecule has 0 radical (unpaired) electrons. The maximum Gasteiger partial charge on any atom is 0.257 e. The Morgan fingerprint density at radius 3 is 2.57 bits per heavy atom. The fourth-order valence-electron chi connectivity index (χ4n) is 3.23. The van der Waals surface area contributed by atoms with Gasteiger partial charge in [0.25, 0.3) is 5.91 Å². The fourth-order valence-corrected chi connectivity index (χ4v) is 3.23. The van der Waals surface area contributed by atoms with Crippen molar-refractivity contribution in [2.24, 2.45) is 5.92 Å². The Kier molecular flexibility index (Phi) is 10.2. The Morgan fingerprint density at radius 2 is 1.89 bits per heavy atom. The molecule has 1 fully saturated rings. The van der Waals surface area contributed by atoms with E-state index in [0.29, 0.717) is 23.0 Å². The highest BCUT2D eigenvalue weighted by molar-refractivity contribution is 5.99. The second-order valence-electron chi connectivity index (χ2n) is 6.55. The number of para-hydroxylation sites is 1. The molecule has 0 atom stereocenters. The predicted octanol–water partition coefficient (Wildman–Crippen LogP) is 4.27. The van der Waals surface area contributed by atoms with E-state index in [1.807, 2.05) is 4.90 Å². The number of pyridine rings is 1. The average molecular weight is 429 g/mol. The smallest absolute Gasteiger partial charge is 0.257 e. The molecule has 3 rings (SSSR count). The number of piperidine rings is 1. The minimum atomic E-state index is -0.374. The van der Waals surface area contributed by atoms with Crippen molar-refractivity contribution in [3.63, 3.8) is 0 Å². The molecule has 2 aromatic rings. The molecule has 1 aromatic carbocycles. The van der Waals surface area contributed by atoms with Gasteiger partial charge in [-0.1, -0.05) is 19.1 Å². The van der Waals surface area contributed by atoms with E-state index in [1.165, 1.54) is 6.07 Å². The number of aromatic nitrogens is 1. The van der Waals surface area contributed by atoms with Crippen LogP contribution in [0.3, 0.4) is 0 Å². The Hall–Kier alpha value is -1.89. The Balaban J connectivity index is 0.00000196. The number of amides is 1. The normalized spacial score (nSPS) is 14.0. The first kappa shape index (κ1) is 24.1. The third-order valence-corrected chi connectivity index (χ3v) is 4.75. The molecule has 28 heavy (non-hydrogen) atoms. The molecule has 1 aliphatic heterocycles. The zero-order valence-corrected chi connectivity index (χ0v) is 17.5. The van der Waals surface area contributed by atoms with Crippen LogP contribution >= 0.6 is 24.8 Å². The van der Waals surface area contributed by atoms with E-state index in [-0.39, 0.29) is 36.5 Å². The summed E-state index contributed by atoms with van der Waals surface area (Å²) in [5, 5.41) is 6.33. The first-order valence-corrected chi connectivity index (χ1v) is 9.15. The summed E-state index contributed by atoms with van der Waals surface area (Å²) in [7, 11) is 0. The van der Waals surface area contributed by atoms with Crippen LogP contribution in [0, 0.1) is 11.7 Å². The molecule has 8 heteroatoms. The number of carbonyl (C=O) groups is 1. The van der Waals surface area contributed by atoms with Crippen molar-refractivity contribution in [2.45, 2.75) is 19.8 Å². The lowest BCUT2D eigenvalue weighted by molar-refractivity contribution is 0.0691. The summed E-state index contributed by atoms with van der Waals surface area (Å²) in [5.41, 5.74) is 0.783. The summed E-state index contributed by atoms with van der Waals surface area (Å²) in [6.45, 7) is 5.56. The zero-order chi connectivity index (χ0) is 18.4. The summed E-state index contributed by atoms with van der Waals surface area (Å²) < 4.78 is 13.9. The Bertz CT molecular complexity index is 754. The Morgan fingerprint density at radius 1 is 1.18 bits per heavy atom. The first-order valence-electron chi connectivity index (χ1n) is 9.15. The van der Waals surface area contributed by atoms with Gasteiger partial charge in [0.1, 0.15) is 11.6 Å². The van der Waals surface area contributed by atoms with Crippen LogP contribution in [-0.4, -0.2) is 42.0 Å². The standard InChI is InChI=1S/C20H25FN4O.2ClH/c1-2-22-14-15-9-12-25(13-10-15)20(26)16-6-5-11-23-19(16)24-18-8-4-3-7-17(18)21;;/h3-8,11,15,22H,2,9-10,12-14H2,1H3,(H,23,24);2*1H. The van der Waals surface area contributed by atoms with Crippen LogP contribution in [0.4, 0.5) is 15.9 Å². The number of anilines is 2. The highest BCUT2D eigenvalue weighted by atomic mass is 35.5. The molecule has 0 bridgehead atoms. The van der Waals surface area contributed by atoms with Crippen LogP contribution in [0.5, 0.6) is 0 Å². The van der Waals surface area contributed by atoms with E-state index in [1.54, 1.807) is 36.5 Å². The number of hydrogen-bond acceptors (Lipinski definition) is 4. The zero-order valence-electron chi connectivity index (χ0n) is 15.9. The number of likely N-dealkylation sites (tertiary alicyclic amines) is 1. The van der Waals surface area contributed by atoms with Crippen molar-refractivity contribution in [1.82, 2.24) is 15.2 Å². The second-order valence-corrected chi connectivity index (χ2v) is 6.55. The maximum atomic E-state index is 13.9. The van der Waals surface area contributed by atoms with Crippen molar-refractivity contribution in [2.75, 3.05) is 31.5 Å². The molecule has 2 heterocycles. The van der Waals surface area contributed by atoms with Gasteiger partial charge in [0.15, 0.2) is 0 Å². The number of carbonyl (C=O) groups excluding carboxylic acids is 1. The molecule has 154 valence electrons. The van der Waals surface area contributed by atoms with Crippen LogP contribution in [0.1, 0.15) is 30.1 Å². The maximum absolute atomic E-state index is 13.9. The van der Waals surface area contributed by atoms with Crippen molar-refractivity contribution >= 4 is 42.2 Å². The van der Waals surface area contributed by atoms with E-state index in [2.05, 4.69) is 22.5 Å². The molecule has 0 aliphatic carbocycles. The van der Waals surface area contributed by atoms with Gasteiger partial charge in [-0.15, -0.1) is 24.8 Å². The predicted molar refractivity (Wildman–Crippen MR) is 116 cm³/mol. The molecule has 5 nitrogen and oxygen atoms in total. The van der Waals surface area contributed by atoms with Crippen LogP contribution in [0.25, 0.3) is 0 Å². The molecular formula is C20H27Cl2FN4O. The number of nitrogens with one attached hydrogen (secondary N) is 2. The lowest BCUT2D eigenvalue weighted by Crippen LogP contribution is -2.41. The largest absolute Gasteiger partial charge is 0.339 e. The molecular weight excluding hydrogens is 402 g/mol. The van der Waals surface area contributed by atoms with E-state index < -0.39 is 0 Å². The van der Waals surface area contributed by atoms with Gasteiger partial charge >= 0.3 is 0 Å². The number of hydrogen-bond donors (Lipinski definition) is 2. The highest BCUT2D eigenvalue weighted by Gasteiger charge is 2.25. The van der Waals surface area contributed by atoms with Crippen molar-refractivity contribution in [3.8, 4) is 0 Å². The summed E-state index contributed by atoms with van der Waals surface area (Å²) in [6, 6.07) is 9.85. The second kappa shape index (κ2) is 11.8. The van der Waals surface area contributed by atoms with Crippen LogP contribution in [-0.2, 0) is 0 Å². The summed E-state index contributed by atoms with van der Waals surface area (Å²) >= 11 is 0. The molecule has 0 spiro atoms. The molecule has 2 N–H and O–H groups in total. The third-order valence-electron chi connectivity index (χ3n) is 4.75. The van der Waals surface area contributed by atoms with E-state index in [4.69, 9.17) is 0 Å². The Labute approximate surface area is 177 Å². The van der Waals surface area contributed by atoms with Gasteiger partial charge in [-0.05, 0) is 56.1 Å². The monoisotopic (exact) mass is 428 g/mol. The lowest BCUT2D eigenvalue weighted by Gasteiger charge is -2.32. The average Bonchev–Trinajstić information content (AvgIpc) is 2.68. The van der Waals surface area contributed by atoms with Gasteiger partial charge in [-0.3, -0.25) is 4.79 Å². The number of rotatable bonds is 6. The summed E-state index contributed by atoms with van der Waals surface area (Å²) in [4.78, 5) is 19.1. The van der Waals surface area contributed by atoms with Crippen LogP contribution < -0.4 is 10.6 Å². The SMILES string of the molecule is CCNCC1CCN(C(=O)c2cccnc2Nc2ccccc2F)CC1.Cl.Cl. The van der Waals surface area contributed by atoms with Gasteiger partial charge < -0.3 is 15.5 Å². The van der Waals surface area contributed by atoms with Gasteiger partial charge in [0, 0.05) is 19.3 Å².